The molecule has 8 nitrogen and oxygen atoms in total. The average Bonchev–Trinajstić information content (AvgIpc) is 3.31. The fourth-order valence-corrected chi connectivity index (χ4v) is 3.25. The van der Waals surface area contributed by atoms with Crippen molar-refractivity contribution in [3.8, 4) is 11.5 Å². The first-order valence-electron chi connectivity index (χ1n) is 7.54. The van der Waals surface area contributed by atoms with E-state index in [1.165, 1.54) is 6.20 Å². The van der Waals surface area contributed by atoms with Gasteiger partial charge < -0.3 is 19.5 Å². The molecule has 2 aromatic rings. The summed E-state index contributed by atoms with van der Waals surface area (Å²) in [6, 6.07) is 6.98. The monoisotopic (exact) mass is 329 g/mol. The highest BCUT2D eigenvalue weighted by Crippen LogP contribution is 2.39. The minimum Gasteiger partial charge on any atom is -0.481 e. The summed E-state index contributed by atoms with van der Waals surface area (Å²) in [6.45, 7) is 0.650. The molecular formula is C16H15N3O5. The molecule has 24 heavy (non-hydrogen) atoms. The summed E-state index contributed by atoms with van der Waals surface area (Å²) >= 11 is 0. The second kappa shape index (κ2) is 5.55. The van der Waals surface area contributed by atoms with Crippen molar-refractivity contribution in [3.63, 3.8) is 0 Å². The van der Waals surface area contributed by atoms with Crippen LogP contribution in [0.5, 0.6) is 11.5 Å². The van der Waals surface area contributed by atoms with Crippen LogP contribution in [-0.2, 0) is 4.79 Å². The van der Waals surface area contributed by atoms with Crippen molar-refractivity contribution in [2.24, 2.45) is 5.92 Å². The van der Waals surface area contributed by atoms with Gasteiger partial charge in [0, 0.05) is 25.2 Å². The van der Waals surface area contributed by atoms with Gasteiger partial charge in [0.25, 0.3) is 5.91 Å². The van der Waals surface area contributed by atoms with Crippen LogP contribution in [0.3, 0.4) is 0 Å². The molecule has 1 fully saturated rings. The van der Waals surface area contributed by atoms with E-state index in [4.69, 9.17) is 9.47 Å². The lowest BCUT2D eigenvalue weighted by Crippen LogP contribution is -2.30. The number of carbonyl (C=O) groups excluding carboxylic acids is 1. The van der Waals surface area contributed by atoms with E-state index in [-0.39, 0.29) is 25.2 Å². The SMILES string of the molecule is O=C(O)[C@@H]1CN(C(=O)c2ccn[nH]2)C[C@H]1c1ccc2c(c1)OCO2. The lowest BCUT2D eigenvalue weighted by Gasteiger charge is -2.16. The Labute approximate surface area is 137 Å². The number of carboxylic acid groups (broad SMARTS) is 1. The number of fused-ring (bicyclic) bond motifs is 1. The topological polar surface area (TPSA) is 105 Å². The van der Waals surface area contributed by atoms with Gasteiger partial charge in [-0.25, -0.2) is 0 Å². The van der Waals surface area contributed by atoms with Crippen LogP contribution >= 0.6 is 0 Å². The number of hydrogen-bond donors (Lipinski definition) is 2. The number of amides is 1. The summed E-state index contributed by atoms with van der Waals surface area (Å²) in [4.78, 5) is 25.7. The first-order chi connectivity index (χ1) is 11.6. The van der Waals surface area contributed by atoms with Crippen LogP contribution in [0.15, 0.2) is 30.5 Å². The molecule has 1 aromatic heterocycles. The van der Waals surface area contributed by atoms with Crippen molar-refractivity contribution in [3.05, 3.63) is 41.7 Å². The van der Waals surface area contributed by atoms with E-state index in [1.54, 1.807) is 23.1 Å². The Kier molecular flexibility index (Phi) is 3.37. The number of nitrogens with one attached hydrogen (secondary N) is 1. The molecule has 2 atom stereocenters. The van der Waals surface area contributed by atoms with Crippen molar-refractivity contribution in [2.75, 3.05) is 19.9 Å². The van der Waals surface area contributed by atoms with Gasteiger partial charge in [-0.2, -0.15) is 5.10 Å². The molecule has 0 radical (unpaired) electrons. The molecule has 2 N–H and O–H groups in total. The molecule has 0 spiro atoms. The molecule has 4 rings (SSSR count). The summed E-state index contributed by atoms with van der Waals surface area (Å²) in [5, 5.41) is 15.9. The highest BCUT2D eigenvalue weighted by atomic mass is 16.7. The van der Waals surface area contributed by atoms with Crippen molar-refractivity contribution >= 4 is 11.9 Å². The molecule has 1 amide bonds. The molecular weight excluding hydrogens is 314 g/mol. The first-order valence-corrected chi connectivity index (χ1v) is 7.54. The molecule has 2 aliphatic rings. The Morgan fingerprint density at radius 1 is 1.21 bits per heavy atom. The smallest absolute Gasteiger partial charge is 0.308 e. The number of ether oxygens (including phenoxy) is 2. The average molecular weight is 329 g/mol. The van der Waals surface area contributed by atoms with Crippen LogP contribution in [0.25, 0.3) is 0 Å². The zero-order chi connectivity index (χ0) is 16.7. The minimum atomic E-state index is -0.919. The van der Waals surface area contributed by atoms with Crippen molar-refractivity contribution < 1.29 is 24.2 Å². The van der Waals surface area contributed by atoms with Crippen molar-refractivity contribution in [1.29, 1.82) is 0 Å². The molecule has 8 heteroatoms. The van der Waals surface area contributed by atoms with Gasteiger partial charge in [-0.3, -0.25) is 14.7 Å². The quantitative estimate of drug-likeness (QED) is 0.873. The number of aromatic amines is 1. The van der Waals surface area contributed by atoms with Gasteiger partial charge in [0.15, 0.2) is 11.5 Å². The number of nitrogens with zero attached hydrogens (tertiary/aromatic N) is 2. The number of aromatic nitrogens is 2. The zero-order valence-electron chi connectivity index (χ0n) is 12.6. The molecule has 1 saturated heterocycles. The van der Waals surface area contributed by atoms with E-state index < -0.39 is 11.9 Å². The molecule has 0 saturated carbocycles. The van der Waals surface area contributed by atoms with Crippen LogP contribution in [0.2, 0.25) is 0 Å². The molecule has 0 bridgehead atoms. The van der Waals surface area contributed by atoms with Gasteiger partial charge in [0.2, 0.25) is 6.79 Å². The number of carboxylic acids is 1. The van der Waals surface area contributed by atoms with Gasteiger partial charge >= 0.3 is 5.97 Å². The predicted octanol–water partition coefficient (Wildman–Crippen LogP) is 1.08. The summed E-state index contributed by atoms with van der Waals surface area (Å²) in [6.07, 6.45) is 1.49. The van der Waals surface area contributed by atoms with E-state index in [1.807, 2.05) is 6.07 Å². The number of rotatable bonds is 3. The van der Waals surface area contributed by atoms with Gasteiger partial charge in [0.05, 0.1) is 5.92 Å². The molecule has 2 aliphatic heterocycles. The molecule has 0 unspecified atom stereocenters. The molecule has 124 valence electrons. The van der Waals surface area contributed by atoms with E-state index in [0.29, 0.717) is 23.7 Å². The summed E-state index contributed by atoms with van der Waals surface area (Å²) in [5.41, 5.74) is 1.18. The predicted molar refractivity (Wildman–Crippen MR) is 80.9 cm³/mol. The second-order valence-electron chi connectivity index (χ2n) is 5.84. The highest BCUT2D eigenvalue weighted by Gasteiger charge is 2.41. The molecule has 1 aromatic carbocycles. The lowest BCUT2D eigenvalue weighted by molar-refractivity contribution is -0.141. The van der Waals surface area contributed by atoms with Gasteiger partial charge in [-0.15, -0.1) is 0 Å². The fraction of sp³-hybridized carbons (Fsp3) is 0.312. The van der Waals surface area contributed by atoms with E-state index in [2.05, 4.69) is 10.2 Å². The maximum atomic E-state index is 12.5. The second-order valence-corrected chi connectivity index (χ2v) is 5.84. The molecule has 3 heterocycles. The van der Waals surface area contributed by atoms with Crippen LogP contribution < -0.4 is 9.47 Å². The van der Waals surface area contributed by atoms with Crippen LogP contribution in [-0.4, -0.2) is 52.0 Å². The lowest BCUT2D eigenvalue weighted by atomic mass is 9.89. The minimum absolute atomic E-state index is 0.159. The van der Waals surface area contributed by atoms with Crippen LogP contribution in [0.1, 0.15) is 22.0 Å². The van der Waals surface area contributed by atoms with Gasteiger partial charge in [-0.1, -0.05) is 6.07 Å². The Morgan fingerprint density at radius 2 is 2.04 bits per heavy atom. The van der Waals surface area contributed by atoms with E-state index in [0.717, 1.165) is 5.56 Å². The van der Waals surface area contributed by atoms with Crippen LogP contribution in [0, 0.1) is 5.92 Å². The summed E-state index contributed by atoms with van der Waals surface area (Å²) in [7, 11) is 0. The summed E-state index contributed by atoms with van der Waals surface area (Å²) < 4.78 is 10.6. The standard InChI is InChI=1S/C16H15N3O5/c20-15(12-3-4-17-18-12)19-6-10(11(7-19)16(21)22)9-1-2-13-14(5-9)24-8-23-13/h1-5,10-11H,6-8H2,(H,17,18)(H,21,22)/t10-,11+/m0/s1. The van der Waals surface area contributed by atoms with Crippen LogP contribution in [0.4, 0.5) is 0 Å². The van der Waals surface area contributed by atoms with Gasteiger partial charge in [-0.05, 0) is 23.8 Å². The molecule has 0 aliphatic carbocycles. The number of benzene rings is 1. The van der Waals surface area contributed by atoms with Crippen molar-refractivity contribution in [2.45, 2.75) is 5.92 Å². The first kappa shape index (κ1) is 14.6. The van der Waals surface area contributed by atoms with Gasteiger partial charge in [0.1, 0.15) is 5.69 Å². The normalized spacial score (nSPS) is 21.9. The Balaban J connectivity index is 1.62. The third-order valence-electron chi connectivity index (χ3n) is 4.48. The number of carbonyl (C=O) groups is 2. The maximum absolute atomic E-state index is 12.5. The Hall–Kier alpha value is -3.03. The van der Waals surface area contributed by atoms with Crippen molar-refractivity contribution in [1.82, 2.24) is 15.1 Å². The Morgan fingerprint density at radius 3 is 2.79 bits per heavy atom. The zero-order valence-corrected chi connectivity index (χ0v) is 12.6. The number of aliphatic carboxylic acids is 1. The summed E-state index contributed by atoms with van der Waals surface area (Å²) in [5.74, 6) is -0.885. The third-order valence-corrected chi connectivity index (χ3v) is 4.48. The third kappa shape index (κ3) is 2.36. The highest BCUT2D eigenvalue weighted by molar-refractivity contribution is 5.93. The fourth-order valence-electron chi connectivity index (χ4n) is 3.25. The maximum Gasteiger partial charge on any atom is 0.308 e. The van der Waals surface area contributed by atoms with E-state index >= 15 is 0 Å². The largest absolute Gasteiger partial charge is 0.481 e. The van der Waals surface area contributed by atoms with E-state index in [9.17, 15) is 14.7 Å². The number of H-pyrrole nitrogens is 1. The number of likely N-dealkylation sites (tertiary alicyclic amines) is 1. The number of hydrogen-bond acceptors (Lipinski definition) is 5. The Bertz CT molecular complexity index is 789.